The minimum absolute atomic E-state index is 0.344. The van der Waals surface area contributed by atoms with Crippen molar-refractivity contribution in [3.63, 3.8) is 0 Å². The fraction of sp³-hybridized carbons (Fsp3) is 0.600. The molecule has 1 atom stereocenters. The molecular weight excluding hydrogens is 196 g/mol. The summed E-state index contributed by atoms with van der Waals surface area (Å²) in [7, 11) is 0. The molecule has 1 heteroatoms. The molecule has 2 aliphatic rings. The van der Waals surface area contributed by atoms with Gasteiger partial charge in [-0.15, -0.1) is 0 Å². The Bertz CT molecular complexity index is 333. The molecule has 0 aromatic rings. The van der Waals surface area contributed by atoms with E-state index in [2.05, 4.69) is 32.1 Å². The van der Waals surface area contributed by atoms with Crippen LogP contribution in [-0.2, 0) is 4.74 Å². The number of unbranched alkanes of at least 4 members (excludes halogenated alkanes) is 2. The van der Waals surface area contributed by atoms with E-state index >= 15 is 0 Å². The molecule has 0 fully saturated rings. The summed E-state index contributed by atoms with van der Waals surface area (Å²) in [5.74, 6) is 1.24. The molecule has 1 aliphatic carbocycles. The number of allylic oxidation sites excluding steroid dienone is 4. The first-order valence-electron chi connectivity index (χ1n) is 6.65. The summed E-state index contributed by atoms with van der Waals surface area (Å²) in [6, 6.07) is 0. The van der Waals surface area contributed by atoms with Gasteiger partial charge in [-0.2, -0.15) is 0 Å². The number of ether oxygens (including phenoxy) is 1. The van der Waals surface area contributed by atoms with Crippen LogP contribution in [-0.4, -0.2) is 6.10 Å². The molecule has 1 unspecified atom stereocenters. The van der Waals surface area contributed by atoms with Crippen LogP contribution in [0.3, 0.4) is 0 Å². The van der Waals surface area contributed by atoms with Crippen molar-refractivity contribution in [2.24, 2.45) is 0 Å². The molecular formula is C15H22O. The van der Waals surface area contributed by atoms with E-state index in [1.807, 2.05) is 0 Å². The monoisotopic (exact) mass is 218 g/mol. The standard InChI is InChI=1S/C15H22O/c1-3-5-10-14-12-8-7-9-13(12)15(16-14)11-6-4-2/h7-9,14H,3-6,10-11H2,1-2H3. The average molecular weight is 218 g/mol. The van der Waals surface area contributed by atoms with Gasteiger partial charge in [-0.05, 0) is 19.3 Å². The van der Waals surface area contributed by atoms with Crippen molar-refractivity contribution < 1.29 is 4.74 Å². The molecule has 16 heavy (non-hydrogen) atoms. The second-order valence-corrected chi connectivity index (χ2v) is 4.67. The van der Waals surface area contributed by atoms with Gasteiger partial charge < -0.3 is 4.74 Å². The molecule has 1 aliphatic heterocycles. The van der Waals surface area contributed by atoms with E-state index in [1.165, 1.54) is 49.0 Å². The Labute approximate surface area is 98.9 Å². The maximum atomic E-state index is 6.09. The first-order valence-corrected chi connectivity index (χ1v) is 6.65. The smallest absolute Gasteiger partial charge is 0.124 e. The third kappa shape index (κ3) is 2.23. The molecule has 0 N–H and O–H groups in total. The van der Waals surface area contributed by atoms with Crippen LogP contribution in [0.1, 0.15) is 52.4 Å². The van der Waals surface area contributed by atoms with Gasteiger partial charge in [0.05, 0.1) is 0 Å². The number of rotatable bonds is 6. The molecule has 0 radical (unpaired) electrons. The molecule has 1 nitrogen and oxygen atoms in total. The Morgan fingerprint density at radius 1 is 1.19 bits per heavy atom. The molecule has 0 saturated carbocycles. The highest BCUT2D eigenvalue weighted by atomic mass is 16.5. The summed E-state index contributed by atoms with van der Waals surface area (Å²) in [5, 5.41) is 0. The van der Waals surface area contributed by atoms with E-state index in [0.29, 0.717) is 6.10 Å². The van der Waals surface area contributed by atoms with E-state index in [9.17, 15) is 0 Å². The van der Waals surface area contributed by atoms with Crippen LogP contribution in [0.15, 0.2) is 35.1 Å². The lowest BCUT2D eigenvalue weighted by Crippen LogP contribution is -2.08. The lowest BCUT2D eigenvalue weighted by atomic mass is 10.0. The SMILES string of the molecule is CCCCC1=C2C=CC=C2C(CCCC)O1. The average Bonchev–Trinajstić information content (AvgIpc) is 2.86. The highest BCUT2D eigenvalue weighted by Gasteiger charge is 2.30. The first-order chi connectivity index (χ1) is 7.86. The Morgan fingerprint density at radius 3 is 2.75 bits per heavy atom. The van der Waals surface area contributed by atoms with Crippen LogP contribution < -0.4 is 0 Å². The molecule has 0 bridgehead atoms. The Balaban J connectivity index is 2.01. The van der Waals surface area contributed by atoms with E-state index in [0.717, 1.165) is 6.42 Å². The molecule has 88 valence electrons. The zero-order valence-corrected chi connectivity index (χ0v) is 10.5. The number of hydrogen-bond donors (Lipinski definition) is 0. The maximum Gasteiger partial charge on any atom is 0.124 e. The van der Waals surface area contributed by atoms with Crippen LogP contribution in [0, 0.1) is 0 Å². The summed E-state index contributed by atoms with van der Waals surface area (Å²) in [6.07, 6.45) is 14.2. The van der Waals surface area contributed by atoms with Crippen molar-refractivity contribution in [3.8, 4) is 0 Å². The van der Waals surface area contributed by atoms with Crippen molar-refractivity contribution in [2.75, 3.05) is 0 Å². The van der Waals surface area contributed by atoms with Crippen molar-refractivity contribution in [3.05, 3.63) is 35.1 Å². The van der Waals surface area contributed by atoms with Crippen LogP contribution in [0.25, 0.3) is 0 Å². The van der Waals surface area contributed by atoms with Gasteiger partial charge in [0.25, 0.3) is 0 Å². The summed E-state index contributed by atoms with van der Waals surface area (Å²) in [5.41, 5.74) is 2.81. The minimum Gasteiger partial charge on any atom is -0.489 e. The van der Waals surface area contributed by atoms with Gasteiger partial charge in [0.2, 0.25) is 0 Å². The quantitative estimate of drug-likeness (QED) is 0.637. The van der Waals surface area contributed by atoms with Gasteiger partial charge in [-0.25, -0.2) is 0 Å². The number of hydrogen-bond acceptors (Lipinski definition) is 1. The number of fused-ring (bicyclic) bond motifs is 1. The van der Waals surface area contributed by atoms with Gasteiger partial charge >= 0.3 is 0 Å². The highest BCUT2D eigenvalue weighted by Crippen LogP contribution is 2.38. The fourth-order valence-corrected chi connectivity index (χ4v) is 2.40. The molecule has 0 saturated heterocycles. The normalized spacial score (nSPS) is 22.4. The summed E-state index contributed by atoms with van der Waals surface area (Å²) < 4.78 is 6.09. The van der Waals surface area contributed by atoms with E-state index in [4.69, 9.17) is 4.74 Å². The lowest BCUT2D eigenvalue weighted by Gasteiger charge is -2.13. The maximum absolute atomic E-state index is 6.09. The van der Waals surface area contributed by atoms with Gasteiger partial charge in [0.15, 0.2) is 0 Å². The molecule has 0 amide bonds. The third-order valence-corrected chi connectivity index (χ3v) is 3.36. The largest absolute Gasteiger partial charge is 0.489 e. The van der Waals surface area contributed by atoms with Crippen LogP contribution in [0.5, 0.6) is 0 Å². The Morgan fingerprint density at radius 2 is 2.00 bits per heavy atom. The van der Waals surface area contributed by atoms with Gasteiger partial charge in [0, 0.05) is 17.6 Å². The summed E-state index contributed by atoms with van der Waals surface area (Å²) in [4.78, 5) is 0. The third-order valence-electron chi connectivity index (χ3n) is 3.36. The van der Waals surface area contributed by atoms with Gasteiger partial charge in [0.1, 0.15) is 11.9 Å². The summed E-state index contributed by atoms with van der Waals surface area (Å²) >= 11 is 0. The van der Waals surface area contributed by atoms with Crippen molar-refractivity contribution in [2.45, 2.75) is 58.5 Å². The van der Waals surface area contributed by atoms with Crippen molar-refractivity contribution in [1.29, 1.82) is 0 Å². The summed E-state index contributed by atoms with van der Waals surface area (Å²) in [6.45, 7) is 4.47. The van der Waals surface area contributed by atoms with E-state index in [-0.39, 0.29) is 0 Å². The van der Waals surface area contributed by atoms with Gasteiger partial charge in [-0.1, -0.05) is 44.9 Å². The van der Waals surface area contributed by atoms with Crippen molar-refractivity contribution >= 4 is 0 Å². The molecule has 1 heterocycles. The lowest BCUT2D eigenvalue weighted by molar-refractivity contribution is 0.147. The molecule has 0 aromatic heterocycles. The Hall–Kier alpha value is -0.980. The molecule has 2 rings (SSSR count). The second-order valence-electron chi connectivity index (χ2n) is 4.67. The Kier molecular flexibility index (Phi) is 3.87. The van der Waals surface area contributed by atoms with E-state index < -0.39 is 0 Å². The fourth-order valence-electron chi connectivity index (χ4n) is 2.40. The predicted molar refractivity (Wildman–Crippen MR) is 68.2 cm³/mol. The van der Waals surface area contributed by atoms with Crippen LogP contribution >= 0.6 is 0 Å². The van der Waals surface area contributed by atoms with Crippen LogP contribution in [0.2, 0.25) is 0 Å². The zero-order chi connectivity index (χ0) is 11.4. The molecule has 0 aromatic carbocycles. The zero-order valence-electron chi connectivity index (χ0n) is 10.5. The highest BCUT2D eigenvalue weighted by molar-refractivity contribution is 5.54. The van der Waals surface area contributed by atoms with E-state index in [1.54, 1.807) is 0 Å². The van der Waals surface area contributed by atoms with Gasteiger partial charge in [-0.3, -0.25) is 0 Å². The first kappa shape index (κ1) is 11.5. The topological polar surface area (TPSA) is 9.23 Å². The second kappa shape index (κ2) is 5.38. The van der Waals surface area contributed by atoms with Crippen LogP contribution in [0.4, 0.5) is 0 Å². The minimum atomic E-state index is 0.344. The van der Waals surface area contributed by atoms with Crippen molar-refractivity contribution in [1.82, 2.24) is 0 Å². The predicted octanol–water partition coefficient (Wildman–Crippen LogP) is 4.52. The molecule has 0 spiro atoms.